The summed E-state index contributed by atoms with van der Waals surface area (Å²) in [6.07, 6.45) is 0. The molecule has 0 aliphatic heterocycles. The molecule has 234 valence electrons. The molecule has 0 amide bonds. The summed E-state index contributed by atoms with van der Waals surface area (Å²) < 4.78 is 9.04. The van der Waals surface area contributed by atoms with E-state index in [1.54, 1.807) is 0 Å². The van der Waals surface area contributed by atoms with Gasteiger partial charge < -0.3 is 4.42 Å². The van der Waals surface area contributed by atoms with Gasteiger partial charge in [0, 0.05) is 47.6 Å². The van der Waals surface area contributed by atoms with Gasteiger partial charge in [-0.05, 0) is 52.6 Å². The topological polar surface area (TPSA) is 51.8 Å². The molecule has 10 rings (SSSR count). The van der Waals surface area contributed by atoms with E-state index in [0.29, 0.717) is 17.5 Å². The lowest BCUT2D eigenvalue weighted by Gasteiger charge is -2.10. The van der Waals surface area contributed by atoms with Crippen LogP contribution in [0.5, 0.6) is 0 Å². The molecule has 0 aliphatic carbocycles. The average molecular weight is 658 g/mol. The SMILES string of the molecule is c1ccc(-c2nc(-c3ccccc3)nc(-c3cccc4oc5ccc(-c6cccc7sc8cccc(-c9ccccc9)c8c67)cc5c34)n2)cc1. The zero-order valence-electron chi connectivity index (χ0n) is 26.7. The first-order valence-electron chi connectivity index (χ1n) is 16.6. The molecule has 10 aromatic rings. The molecule has 0 atom stereocenters. The number of hydrogen-bond donors (Lipinski definition) is 0. The van der Waals surface area contributed by atoms with Crippen LogP contribution in [0.25, 0.3) is 98.5 Å². The van der Waals surface area contributed by atoms with Crippen LogP contribution in [0.1, 0.15) is 0 Å². The largest absolute Gasteiger partial charge is 0.456 e. The van der Waals surface area contributed by atoms with Crippen LogP contribution < -0.4 is 0 Å². The van der Waals surface area contributed by atoms with E-state index in [2.05, 4.69) is 91.0 Å². The van der Waals surface area contributed by atoms with Crippen LogP contribution in [0.3, 0.4) is 0 Å². The number of rotatable bonds is 5. The Kier molecular flexibility index (Phi) is 6.64. The van der Waals surface area contributed by atoms with Crippen molar-refractivity contribution in [3.05, 3.63) is 164 Å². The smallest absolute Gasteiger partial charge is 0.164 e. The fourth-order valence-electron chi connectivity index (χ4n) is 7.08. The maximum atomic E-state index is 6.49. The highest BCUT2D eigenvalue weighted by Gasteiger charge is 2.20. The molecular weight excluding hydrogens is 631 g/mol. The van der Waals surface area contributed by atoms with E-state index in [-0.39, 0.29) is 0 Å². The Labute approximate surface area is 292 Å². The van der Waals surface area contributed by atoms with Gasteiger partial charge in [0.05, 0.1) is 0 Å². The van der Waals surface area contributed by atoms with Crippen molar-refractivity contribution in [3.63, 3.8) is 0 Å². The highest BCUT2D eigenvalue weighted by Crippen LogP contribution is 2.45. The first kappa shape index (κ1) is 28.6. The van der Waals surface area contributed by atoms with Gasteiger partial charge in [0.2, 0.25) is 0 Å². The maximum absolute atomic E-state index is 6.49. The van der Waals surface area contributed by atoms with Crippen LogP contribution in [0, 0.1) is 0 Å². The molecule has 0 N–H and O–H groups in total. The predicted molar refractivity (Wildman–Crippen MR) is 207 cm³/mol. The Morgan fingerprint density at radius 2 is 0.880 bits per heavy atom. The number of aromatic nitrogens is 3. The molecule has 0 aliphatic rings. The third-order valence-corrected chi connectivity index (χ3v) is 10.5. The number of hydrogen-bond acceptors (Lipinski definition) is 5. The molecule has 3 aromatic heterocycles. The van der Waals surface area contributed by atoms with E-state index < -0.39 is 0 Å². The Bertz CT molecular complexity index is 2800. The van der Waals surface area contributed by atoms with Crippen LogP contribution in [0.2, 0.25) is 0 Å². The lowest BCUT2D eigenvalue weighted by Crippen LogP contribution is -2.00. The zero-order valence-corrected chi connectivity index (χ0v) is 27.6. The molecule has 0 saturated carbocycles. The predicted octanol–water partition coefficient (Wildman–Crippen LogP) is 12.5. The lowest BCUT2D eigenvalue weighted by atomic mass is 9.94. The van der Waals surface area contributed by atoms with Gasteiger partial charge >= 0.3 is 0 Å². The van der Waals surface area contributed by atoms with Crippen molar-refractivity contribution in [2.45, 2.75) is 0 Å². The maximum Gasteiger partial charge on any atom is 0.164 e. The number of benzene rings is 7. The van der Waals surface area contributed by atoms with Crippen molar-refractivity contribution in [3.8, 4) is 56.4 Å². The van der Waals surface area contributed by atoms with Crippen LogP contribution in [0.15, 0.2) is 168 Å². The summed E-state index contributed by atoms with van der Waals surface area (Å²) >= 11 is 1.84. The minimum absolute atomic E-state index is 0.606. The summed E-state index contributed by atoms with van der Waals surface area (Å²) in [5.74, 6) is 1.87. The van der Waals surface area contributed by atoms with Gasteiger partial charge in [-0.2, -0.15) is 0 Å². The summed E-state index contributed by atoms with van der Waals surface area (Å²) in [5, 5.41) is 4.58. The Balaban J connectivity index is 1.21. The van der Waals surface area contributed by atoms with E-state index in [4.69, 9.17) is 19.4 Å². The van der Waals surface area contributed by atoms with E-state index in [0.717, 1.165) is 44.2 Å². The van der Waals surface area contributed by atoms with Crippen molar-refractivity contribution in [2.24, 2.45) is 0 Å². The minimum Gasteiger partial charge on any atom is -0.456 e. The van der Waals surface area contributed by atoms with Gasteiger partial charge in [0.25, 0.3) is 0 Å². The number of nitrogens with zero attached hydrogens (tertiary/aromatic N) is 3. The monoisotopic (exact) mass is 657 g/mol. The summed E-state index contributed by atoms with van der Waals surface area (Å²) in [7, 11) is 0. The van der Waals surface area contributed by atoms with Crippen molar-refractivity contribution >= 4 is 53.4 Å². The van der Waals surface area contributed by atoms with Gasteiger partial charge in [0.15, 0.2) is 17.5 Å². The summed E-state index contributed by atoms with van der Waals surface area (Å²) in [4.78, 5) is 15.0. The van der Waals surface area contributed by atoms with Gasteiger partial charge in [-0.15, -0.1) is 11.3 Å². The second-order valence-corrected chi connectivity index (χ2v) is 13.4. The first-order chi connectivity index (χ1) is 24.8. The first-order valence-corrected chi connectivity index (χ1v) is 17.4. The third-order valence-electron chi connectivity index (χ3n) is 9.35. The van der Waals surface area contributed by atoms with Crippen LogP contribution in [-0.4, -0.2) is 15.0 Å². The van der Waals surface area contributed by atoms with E-state index in [1.807, 2.05) is 84.1 Å². The van der Waals surface area contributed by atoms with Crippen molar-refractivity contribution in [1.82, 2.24) is 15.0 Å². The molecule has 0 spiro atoms. The van der Waals surface area contributed by atoms with E-state index in [1.165, 1.54) is 36.9 Å². The highest BCUT2D eigenvalue weighted by molar-refractivity contribution is 7.26. The van der Waals surface area contributed by atoms with Crippen molar-refractivity contribution < 1.29 is 4.42 Å². The van der Waals surface area contributed by atoms with Gasteiger partial charge in [0.1, 0.15) is 11.2 Å². The standard InChI is InChI=1S/C45H27N3OS/c1-4-13-28(14-5-1)32-19-11-23-38-41(32)42-33(20-12-24-39(42)50-38)31-25-26-36-35(27-31)40-34(21-10-22-37(40)49-36)45-47-43(29-15-6-2-7-16-29)46-44(48-45)30-17-8-3-9-18-30/h1-27H. The van der Waals surface area contributed by atoms with Crippen molar-refractivity contribution in [1.29, 1.82) is 0 Å². The van der Waals surface area contributed by atoms with E-state index in [9.17, 15) is 0 Å². The fraction of sp³-hybridized carbons (Fsp3) is 0. The molecule has 4 nitrogen and oxygen atoms in total. The molecule has 0 unspecified atom stereocenters. The summed E-state index contributed by atoms with van der Waals surface area (Å²) in [6, 6.07) is 56.8. The Morgan fingerprint density at radius 1 is 0.360 bits per heavy atom. The van der Waals surface area contributed by atoms with E-state index >= 15 is 0 Å². The van der Waals surface area contributed by atoms with Gasteiger partial charge in [-0.3, -0.25) is 0 Å². The quantitative estimate of drug-likeness (QED) is 0.185. The van der Waals surface area contributed by atoms with Crippen LogP contribution in [-0.2, 0) is 0 Å². The second kappa shape index (κ2) is 11.6. The zero-order chi connectivity index (χ0) is 33.0. The molecule has 3 heterocycles. The molecule has 0 fully saturated rings. The second-order valence-electron chi connectivity index (χ2n) is 12.4. The number of fused-ring (bicyclic) bond motifs is 6. The highest BCUT2D eigenvalue weighted by atomic mass is 32.1. The number of thiophene rings is 1. The van der Waals surface area contributed by atoms with Gasteiger partial charge in [-0.25, -0.2) is 15.0 Å². The molecule has 0 saturated heterocycles. The normalized spacial score (nSPS) is 11.6. The Hall–Kier alpha value is -6.43. The fourth-order valence-corrected chi connectivity index (χ4v) is 8.23. The van der Waals surface area contributed by atoms with Crippen LogP contribution >= 0.6 is 11.3 Å². The Morgan fingerprint density at radius 3 is 1.50 bits per heavy atom. The lowest BCUT2D eigenvalue weighted by molar-refractivity contribution is 0.669. The summed E-state index contributed by atoms with van der Waals surface area (Å²) in [5.41, 5.74) is 9.19. The molecule has 0 bridgehead atoms. The molecular formula is C45H27N3OS. The van der Waals surface area contributed by atoms with Gasteiger partial charge in [-0.1, -0.05) is 133 Å². The molecule has 50 heavy (non-hydrogen) atoms. The average Bonchev–Trinajstić information content (AvgIpc) is 3.77. The minimum atomic E-state index is 0.606. The molecule has 7 aromatic carbocycles. The molecule has 0 radical (unpaired) electrons. The third kappa shape index (κ3) is 4.71. The number of furan rings is 1. The van der Waals surface area contributed by atoms with Crippen molar-refractivity contribution in [2.75, 3.05) is 0 Å². The molecule has 5 heteroatoms. The van der Waals surface area contributed by atoms with Crippen LogP contribution in [0.4, 0.5) is 0 Å². The summed E-state index contributed by atoms with van der Waals surface area (Å²) in [6.45, 7) is 0.